The van der Waals surface area contributed by atoms with E-state index in [4.69, 9.17) is 15.2 Å². The molecule has 0 bridgehead atoms. The van der Waals surface area contributed by atoms with Crippen LogP contribution in [0.4, 0.5) is 0 Å². The van der Waals surface area contributed by atoms with Gasteiger partial charge in [-0.15, -0.1) is 0 Å². The molecule has 0 aliphatic carbocycles. The van der Waals surface area contributed by atoms with Gasteiger partial charge in [-0.05, 0) is 13.3 Å². The molecule has 3 heteroatoms. The SMILES string of the molecule is CCC(C)(OC)C(CN)OC. The van der Waals surface area contributed by atoms with Gasteiger partial charge in [-0.1, -0.05) is 6.92 Å². The molecule has 0 fully saturated rings. The summed E-state index contributed by atoms with van der Waals surface area (Å²) in [5.41, 5.74) is 5.27. The Kier molecular flexibility index (Phi) is 4.65. The molecule has 0 aromatic rings. The van der Waals surface area contributed by atoms with Gasteiger partial charge in [0.25, 0.3) is 0 Å². The molecule has 0 radical (unpaired) electrons. The molecule has 0 rings (SSSR count). The van der Waals surface area contributed by atoms with E-state index >= 15 is 0 Å². The second kappa shape index (κ2) is 4.70. The van der Waals surface area contributed by atoms with E-state index < -0.39 is 0 Å². The van der Waals surface area contributed by atoms with Crippen molar-refractivity contribution in [1.29, 1.82) is 0 Å². The Morgan fingerprint density at radius 2 is 2.00 bits per heavy atom. The quantitative estimate of drug-likeness (QED) is 0.648. The van der Waals surface area contributed by atoms with Gasteiger partial charge >= 0.3 is 0 Å². The maximum absolute atomic E-state index is 5.52. The van der Waals surface area contributed by atoms with Crippen LogP contribution in [-0.2, 0) is 9.47 Å². The zero-order valence-electron chi connectivity index (χ0n) is 7.89. The monoisotopic (exact) mass is 161 g/mol. The predicted molar refractivity (Wildman–Crippen MR) is 45.6 cm³/mol. The number of rotatable bonds is 5. The Labute approximate surface area is 68.9 Å². The molecule has 0 aliphatic rings. The fourth-order valence-electron chi connectivity index (χ4n) is 1.10. The molecular weight excluding hydrogens is 142 g/mol. The summed E-state index contributed by atoms with van der Waals surface area (Å²) in [4.78, 5) is 0. The van der Waals surface area contributed by atoms with E-state index in [1.54, 1.807) is 14.2 Å². The summed E-state index contributed by atoms with van der Waals surface area (Å²) in [7, 11) is 3.34. The summed E-state index contributed by atoms with van der Waals surface area (Å²) in [6.45, 7) is 4.56. The third-order valence-corrected chi connectivity index (χ3v) is 2.35. The number of hydrogen-bond donors (Lipinski definition) is 1. The zero-order chi connectivity index (χ0) is 8.91. The van der Waals surface area contributed by atoms with E-state index in [-0.39, 0.29) is 11.7 Å². The van der Waals surface area contributed by atoms with Gasteiger partial charge in [0.1, 0.15) is 0 Å². The van der Waals surface area contributed by atoms with Crippen molar-refractivity contribution in [3.05, 3.63) is 0 Å². The zero-order valence-corrected chi connectivity index (χ0v) is 7.89. The maximum atomic E-state index is 5.52. The highest BCUT2D eigenvalue weighted by atomic mass is 16.5. The number of ether oxygens (including phenoxy) is 2. The van der Waals surface area contributed by atoms with Crippen LogP contribution in [0.15, 0.2) is 0 Å². The third kappa shape index (κ3) is 2.43. The van der Waals surface area contributed by atoms with Gasteiger partial charge in [-0.25, -0.2) is 0 Å². The predicted octanol–water partition coefficient (Wildman–Crippen LogP) is 0.775. The van der Waals surface area contributed by atoms with Gasteiger partial charge in [0.15, 0.2) is 0 Å². The lowest BCUT2D eigenvalue weighted by Crippen LogP contribution is -2.46. The van der Waals surface area contributed by atoms with Crippen LogP contribution in [0.5, 0.6) is 0 Å². The van der Waals surface area contributed by atoms with Crippen LogP contribution in [0.3, 0.4) is 0 Å². The molecule has 0 saturated carbocycles. The summed E-state index contributed by atoms with van der Waals surface area (Å²) >= 11 is 0. The van der Waals surface area contributed by atoms with Crippen molar-refractivity contribution >= 4 is 0 Å². The van der Waals surface area contributed by atoms with Crippen LogP contribution >= 0.6 is 0 Å². The Balaban J connectivity index is 4.19. The molecule has 68 valence electrons. The average Bonchev–Trinajstić information content (AvgIpc) is 2.06. The molecule has 0 spiro atoms. The highest BCUT2D eigenvalue weighted by molar-refractivity contribution is 4.83. The molecule has 0 heterocycles. The van der Waals surface area contributed by atoms with E-state index in [2.05, 4.69) is 6.92 Å². The lowest BCUT2D eigenvalue weighted by molar-refractivity contribution is -0.103. The van der Waals surface area contributed by atoms with Crippen LogP contribution in [0.25, 0.3) is 0 Å². The topological polar surface area (TPSA) is 44.5 Å². The van der Waals surface area contributed by atoms with E-state index in [1.807, 2.05) is 6.92 Å². The molecule has 0 aliphatic heterocycles. The average molecular weight is 161 g/mol. The summed E-state index contributed by atoms with van der Waals surface area (Å²) in [5.74, 6) is 0. The second-order valence-corrected chi connectivity index (χ2v) is 2.83. The van der Waals surface area contributed by atoms with Gasteiger partial charge in [0.05, 0.1) is 11.7 Å². The minimum atomic E-state index is -0.247. The van der Waals surface area contributed by atoms with Crippen molar-refractivity contribution in [3.63, 3.8) is 0 Å². The largest absolute Gasteiger partial charge is 0.377 e. The van der Waals surface area contributed by atoms with E-state index in [9.17, 15) is 0 Å². The highest BCUT2D eigenvalue weighted by Gasteiger charge is 2.31. The van der Waals surface area contributed by atoms with E-state index in [1.165, 1.54) is 0 Å². The van der Waals surface area contributed by atoms with Crippen molar-refractivity contribution in [3.8, 4) is 0 Å². The van der Waals surface area contributed by atoms with Crippen molar-refractivity contribution < 1.29 is 9.47 Å². The summed E-state index contributed by atoms with van der Waals surface area (Å²) in [5, 5.41) is 0. The molecule has 0 aromatic heterocycles. The van der Waals surface area contributed by atoms with Crippen molar-refractivity contribution in [2.45, 2.75) is 32.0 Å². The standard InChI is InChI=1S/C8H19NO2/c1-5-8(2,11-4)7(6-9)10-3/h7H,5-6,9H2,1-4H3. The lowest BCUT2D eigenvalue weighted by Gasteiger charge is -2.33. The van der Waals surface area contributed by atoms with Crippen molar-refractivity contribution in [1.82, 2.24) is 0 Å². The minimum Gasteiger partial charge on any atom is -0.377 e. The summed E-state index contributed by atoms with van der Waals surface area (Å²) in [6, 6.07) is 0. The first-order chi connectivity index (χ1) is 5.14. The fourth-order valence-corrected chi connectivity index (χ4v) is 1.10. The lowest BCUT2D eigenvalue weighted by atomic mass is 9.95. The van der Waals surface area contributed by atoms with E-state index in [0.29, 0.717) is 6.54 Å². The smallest absolute Gasteiger partial charge is 0.0979 e. The first-order valence-corrected chi connectivity index (χ1v) is 3.92. The maximum Gasteiger partial charge on any atom is 0.0979 e. The summed E-state index contributed by atoms with van der Waals surface area (Å²) in [6.07, 6.45) is 0.886. The molecule has 11 heavy (non-hydrogen) atoms. The normalized spacial score (nSPS) is 19.4. The Bertz CT molecular complexity index is 98.3. The minimum absolute atomic E-state index is 0.0162. The Hall–Kier alpha value is -0.120. The van der Waals surface area contributed by atoms with Crippen LogP contribution in [0.2, 0.25) is 0 Å². The number of nitrogens with two attached hydrogens (primary N) is 1. The van der Waals surface area contributed by atoms with Crippen LogP contribution < -0.4 is 5.73 Å². The van der Waals surface area contributed by atoms with Crippen molar-refractivity contribution in [2.24, 2.45) is 5.73 Å². The molecule has 2 N–H and O–H groups in total. The molecule has 3 nitrogen and oxygen atoms in total. The Morgan fingerprint density at radius 1 is 1.45 bits per heavy atom. The second-order valence-electron chi connectivity index (χ2n) is 2.83. The van der Waals surface area contributed by atoms with Gasteiger partial charge in [-0.2, -0.15) is 0 Å². The first kappa shape index (κ1) is 10.9. The van der Waals surface area contributed by atoms with Gasteiger partial charge < -0.3 is 15.2 Å². The van der Waals surface area contributed by atoms with Gasteiger partial charge in [0, 0.05) is 20.8 Å². The van der Waals surface area contributed by atoms with Crippen LogP contribution in [0, 0.1) is 0 Å². The van der Waals surface area contributed by atoms with Crippen LogP contribution in [0.1, 0.15) is 20.3 Å². The molecule has 2 unspecified atom stereocenters. The van der Waals surface area contributed by atoms with Crippen molar-refractivity contribution in [2.75, 3.05) is 20.8 Å². The van der Waals surface area contributed by atoms with Gasteiger partial charge in [0.2, 0.25) is 0 Å². The first-order valence-electron chi connectivity index (χ1n) is 3.92. The Morgan fingerprint density at radius 3 is 2.09 bits per heavy atom. The van der Waals surface area contributed by atoms with E-state index in [0.717, 1.165) is 6.42 Å². The summed E-state index contributed by atoms with van der Waals surface area (Å²) < 4.78 is 10.5. The molecule has 0 saturated heterocycles. The third-order valence-electron chi connectivity index (χ3n) is 2.35. The molecule has 0 aromatic carbocycles. The van der Waals surface area contributed by atoms with Gasteiger partial charge in [-0.3, -0.25) is 0 Å². The molecule has 0 amide bonds. The number of hydrogen-bond acceptors (Lipinski definition) is 3. The molecule has 2 atom stereocenters. The van der Waals surface area contributed by atoms with Crippen LogP contribution in [-0.4, -0.2) is 32.5 Å². The highest BCUT2D eigenvalue weighted by Crippen LogP contribution is 2.20. The molecular formula is C8H19NO2. The fraction of sp³-hybridized carbons (Fsp3) is 1.00. The number of methoxy groups -OCH3 is 2.